The number of hydrogen-bond donors (Lipinski definition) is 2. The van der Waals surface area contributed by atoms with Crippen LogP contribution >= 0.6 is 0 Å². The van der Waals surface area contributed by atoms with E-state index >= 15 is 0 Å². The van der Waals surface area contributed by atoms with E-state index < -0.39 is 25.7 Å². The van der Waals surface area contributed by atoms with Gasteiger partial charge in [-0.3, -0.25) is 4.55 Å². The molecule has 0 fully saturated rings. The number of hydrogen-bond acceptors (Lipinski definition) is 6. The summed E-state index contributed by atoms with van der Waals surface area (Å²) in [5, 5.41) is 0. The molecule has 0 heterocycles. The van der Waals surface area contributed by atoms with Crippen molar-refractivity contribution in [3.63, 3.8) is 0 Å². The Labute approximate surface area is 112 Å². The van der Waals surface area contributed by atoms with Gasteiger partial charge in [-0.1, -0.05) is 0 Å². The Morgan fingerprint density at radius 3 is 2.05 bits per heavy atom. The standard InChI is InChI=1S/C10H15NO6S2/c11-9-1-3-10(4-2-9)18(12,13)7-5-17-6-8-19(14,15)16/h1-4H,5-8,11H2,(H,14,15,16). The summed E-state index contributed by atoms with van der Waals surface area (Å²) in [6.07, 6.45) is 0. The molecule has 1 aromatic rings. The van der Waals surface area contributed by atoms with E-state index in [1.54, 1.807) is 0 Å². The molecule has 0 atom stereocenters. The van der Waals surface area contributed by atoms with Gasteiger partial charge in [-0.05, 0) is 24.3 Å². The second-order valence-corrected chi connectivity index (χ2v) is 7.47. The average Bonchev–Trinajstić information content (AvgIpc) is 2.27. The van der Waals surface area contributed by atoms with Crippen LogP contribution in [0.1, 0.15) is 0 Å². The molecule has 0 spiro atoms. The Hall–Kier alpha value is -1.16. The quantitative estimate of drug-likeness (QED) is 0.411. The third-order valence-corrected chi connectivity index (χ3v) is 4.60. The molecule has 0 unspecified atom stereocenters. The Kier molecular flexibility index (Phi) is 5.29. The molecule has 0 saturated heterocycles. The fraction of sp³-hybridized carbons (Fsp3) is 0.400. The van der Waals surface area contributed by atoms with Crippen LogP contribution in [0, 0.1) is 0 Å². The van der Waals surface area contributed by atoms with Gasteiger partial charge in [0.25, 0.3) is 10.1 Å². The van der Waals surface area contributed by atoms with Gasteiger partial charge in [0.1, 0.15) is 0 Å². The second-order valence-electron chi connectivity index (χ2n) is 3.79. The predicted octanol–water partition coefficient (Wildman–Crippen LogP) is -0.0531. The van der Waals surface area contributed by atoms with Gasteiger partial charge in [0.15, 0.2) is 9.84 Å². The molecule has 0 aliphatic carbocycles. The number of anilines is 1. The summed E-state index contributed by atoms with van der Waals surface area (Å²) in [6.45, 7) is -0.404. The molecule has 0 amide bonds. The van der Waals surface area contributed by atoms with E-state index in [0.29, 0.717) is 5.69 Å². The first-order chi connectivity index (χ1) is 8.71. The lowest BCUT2D eigenvalue weighted by atomic mass is 10.3. The van der Waals surface area contributed by atoms with Crippen LogP contribution in [0.3, 0.4) is 0 Å². The molecule has 7 nitrogen and oxygen atoms in total. The van der Waals surface area contributed by atoms with Crippen molar-refractivity contribution in [1.29, 1.82) is 0 Å². The molecule has 0 aliphatic heterocycles. The van der Waals surface area contributed by atoms with Crippen LogP contribution in [-0.2, 0) is 24.7 Å². The van der Waals surface area contributed by atoms with Crippen LogP contribution in [-0.4, -0.2) is 46.1 Å². The number of sulfone groups is 1. The third kappa shape index (κ3) is 6.01. The molecule has 0 bridgehead atoms. The molecule has 1 rings (SSSR count). The van der Waals surface area contributed by atoms with Crippen LogP contribution in [0.15, 0.2) is 29.2 Å². The van der Waals surface area contributed by atoms with Crippen LogP contribution in [0.2, 0.25) is 0 Å². The SMILES string of the molecule is Nc1ccc(S(=O)(=O)CCOCCS(=O)(=O)O)cc1. The van der Waals surface area contributed by atoms with E-state index in [0.717, 1.165) is 0 Å². The number of nitrogens with two attached hydrogens (primary N) is 1. The minimum absolute atomic E-state index is 0.125. The van der Waals surface area contributed by atoms with Gasteiger partial charge in [0.2, 0.25) is 0 Å². The maximum absolute atomic E-state index is 11.8. The van der Waals surface area contributed by atoms with E-state index in [1.165, 1.54) is 24.3 Å². The molecule has 9 heteroatoms. The van der Waals surface area contributed by atoms with E-state index in [1.807, 2.05) is 0 Å². The molecule has 108 valence electrons. The van der Waals surface area contributed by atoms with Crippen molar-refractivity contribution < 1.29 is 26.1 Å². The number of rotatable bonds is 7. The highest BCUT2D eigenvalue weighted by molar-refractivity contribution is 7.91. The van der Waals surface area contributed by atoms with Gasteiger partial charge in [-0.2, -0.15) is 8.42 Å². The van der Waals surface area contributed by atoms with E-state index in [-0.39, 0.29) is 23.9 Å². The smallest absolute Gasteiger partial charge is 0.267 e. The van der Waals surface area contributed by atoms with Gasteiger partial charge < -0.3 is 10.5 Å². The normalized spacial score (nSPS) is 12.5. The molecule has 0 saturated carbocycles. The zero-order valence-electron chi connectivity index (χ0n) is 10.0. The van der Waals surface area contributed by atoms with Gasteiger partial charge in [0.05, 0.1) is 29.6 Å². The highest BCUT2D eigenvalue weighted by Gasteiger charge is 2.14. The minimum atomic E-state index is -4.09. The highest BCUT2D eigenvalue weighted by atomic mass is 32.2. The molecule has 19 heavy (non-hydrogen) atoms. The number of ether oxygens (including phenoxy) is 1. The van der Waals surface area contributed by atoms with Gasteiger partial charge in [-0.15, -0.1) is 0 Å². The minimum Gasteiger partial charge on any atom is -0.399 e. The number of benzene rings is 1. The third-order valence-electron chi connectivity index (χ3n) is 2.22. The monoisotopic (exact) mass is 309 g/mol. The fourth-order valence-electron chi connectivity index (χ4n) is 1.23. The lowest BCUT2D eigenvalue weighted by molar-refractivity contribution is 0.163. The molecule has 1 aromatic carbocycles. The summed E-state index contributed by atoms with van der Waals surface area (Å²) in [5.41, 5.74) is 5.91. The van der Waals surface area contributed by atoms with E-state index in [4.69, 9.17) is 15.0 Å². The lowest BCUT2D eigenvalue weighted by Gasteiger charge is -2.05. The average molecular weight is 309 g/mol. The summed E-state index contributed by atoms with van der Waals surface area (Å²) in [6, 6.07) is 5.74. The Balaban J connectivity index is 2.46. The van der Waals surface area contributed by atoms with Crippen molar-refractivity contribution >= 4 is 25.6 Å². The van der Waals surface area contributed by atoms with Crippen LogP contribution in [0.5, 0.6) is 0 Å². The van der Waals surface area contributed by atoms with Crippen molar-refractivity contribution in [3.05, 3.63) is 24.3 Å². The van der Waals surface area contributed by atoms with Crippen LogP contribution in [0.4, 0.5) is 5.69 Å². The first kappa shape index (κ1) is 15.9. The van der Waals surface area contributed by atoms with Crippen molar-refractivity contribution in [1.82, 2.24) is 0 Å². The van der Waals surface area contributed by atoms with Crippen LogP contribution in [0.25, 0.3) is 0 Å². The first-order valence-electron chi connectivity index (χ1n) is 5.32. The van der Waals surface area contributed by atoms with E-state index in [2.05, 4.69) is 0 Å². The van der Waals surface area contributed by atoms with Crippen LogP contribution < -0.4 is 5.73 Å². The summed E-state index contributed by atoms with van der Waals surface area (Å²) in [5.74, 6) is -0.836. The number of nitrogen functional groups attached to an aromatic ring is 1. The summed E-state index contributed by atoms with van der Waals surface area (Å²) in [7, 11) is -7.57. The Morgan fingerprint density at radius 2 is 1.53 bits per heavy atom. The molecule has 0 radical (unpaired) electrons. The Bertz CT molecular complexity index is 606. The summed E-state index contributed by atoms with van der Waals surface area (Å²) in [4.78, 5) is 0.125. The maximum Gasteiger partial charge on any atom is 0.267 e. The summed E-state index contributed by atoms with van der Waals surface area (Å²) < 4.78 is 57.7. The highest BCUT2D eigenvalue weighted by Crippen LogP contribution is 2.13. The second kappa shape index (κ2) is 6.33. The predicted molar refractivity (Wildman–Crippen MR) is 70.1 cm³/mol. The largest absolute Gasteiger partial charge is 0.399 e. The topological polar surface area (TPSA) is 124 Å². The van der Waals surface area contributed by atoms with Crippen molar-refractivity contribution in [2.45, 2.75) is 4.90 Å². The Morgan fingerprint density at radius 1 is 1.00 bits per heavy atom. The van der Waals surface area contributed by atoms with Crippen molar-refractivity contribution in [2.24, 2.45) is 0 Å². The first-order valence-corrected chi connectivity index (χ1v) is 8.58. The van der Waals surface area contributed by atoms with Gasteiger partial charge in [-0.25, -0.2) is 8.42 Å². The zero-order chi connectivity index (χ0) is 14.5. The van der Waals surface area contributed by atoms with Crippen molar-refractivity contribution in [3.8, 4) is 0 Å². The lowest BCUT2D eigenvalue weighted by Crippen LogP contribution is -2.16. The zero-order valence-corrected chi connectivity index (χ0v) is 11.7. The molecule has 3 N–H and O–H groups in total. The van der Waals surface area contributed by atoms with Gasteiger partial charge >= 0.3 is 0 Å². The molecule has 0 aromatic heterocycles. The van der Waals surface area contributed by atoms with Gasteiger partial charge in [0, 0.05) is 5.69 Å². The maximum atomic E-state index is 11.8. The molecule has 0 aliphatic rings. The molecular formula is C10H15NO6S2. The molecular weight excluding hydrogens is 294 g/mol. The fourth-order valence-corrected chi connectivity index (χ4v) is 2.68. The summed E-state index contributed by atoms with van der Waals surface area (Å²) >= 11 is 0. The van der Waals surface area contributed by atoms with Crippen molar-refractivity contribution in [2.75, 3.05) is 30.5 Å². The van der Waals surface area contributed by atoms with E-state index in [9.17, 15) is 16.8 Å².